The van der Waals surface area contributed by atoms with Gasteiger partial charge in [-0.1, -0.05) is 43.7 Å². The highest BCUT2D eigenvalue weighted by atomic mass is 16.1. The summed E-state index contributed by atoms with van der Waals surface area (Å²) >= 11 is 0. The average Bonchev–Trinajstić information content (AvgIpc) is 2.25. The zero-order valence-corrected chi connectivity index (χ0v) is 9.07. The van der Waals surface area contributed by atoms with Gasteiger partial charge >= 0.3 is 0 Å². The summed E-state index contributed by atoms with van der Waals surface area (Å²) in [5.41, 5.74) is 6.32. The SMILES string of the molecule is CCCC(NCC(N)=O)c1ccccc1. The molecule has 1 amide bonds. The third kappa shape index (κ3) is 4.13. The minimum atomic E-state index is -0.313. The third-order valence-corrected chi connectivity index (χ3v) is 2.30. The van der Waals surface area contributed by atoms with E-state index in [1.165, 1.54) is 5.56 Å². The van der Waals surface area contributed by atoms with Gasteiger partial charge in [0.25, 0.3) is 0 Å². The van der Waals surface area contributed by atoms with Crippen molar-refractivity contribution < 1.29 is 4.79 Å². The van der Waals surface area contributed by atoms with Gasteiger partial charge in [0, 0.05) is 6.04 Å². The van der Waals surface area contributed by atoms with Crippen LogP contribution in [0.1, 0.15) is 31.4 Å². The van der Waals surface area contributed by atoms with Crippen LogP contribution in [0.25, 0.3) is 0 Å². The molecule has 1 unspecified atom stereocenters. The third-order valence-electron chi connectivity index (χ3n) is 2.30. The highest BCUT2D eigenvalue weighted by Gasteiger charge is 2.09. The van der Waals surface area contributed by atoms with Crippen molar-refractivity contribution in [3.63, 3.8) is 0 Å². The fourth-order valence-electron chi connectivity index (χ4n) is 1.58. The highest BCUT2D eigenvalue weighted by Crippen LogP contribution is 2.17. The number of hydrogen-bond donors (Lipinski definition) is 2. The van der Waals surface area contributed by atoms with E-state index < -0.39 is 0 Å². The van der Waals surface area contributed by atoms with Gasteiger partial charge < -0.3 is 11.1 Å². The Bertz CT molecular complexity index is 298. The van der Waals surface area contributed by atoms with Gasteiger partial charge in [0.1, 0.15) is 0 Å². The summed E-state index contributed by atoms with van der Waals surface area (Å²) in [6.45, 7) is 2.36. The molecule has 0 radical (unpaired) electrons. The van der Waals surface area contributed by atoms with E-state index in [0.29, 0.717) is 0 Å². The van der Waals surface area contributed by atoms with Crippen molar-refractivity contribution in [2.24, 2.45) is 5.73 Å². The van der Waals surface area contributed by atoms with Crippen LogP contribution in [0.4, 0.5) is 0 Å². The predicted molar refractivity (Wildman–Crippen MR) is 61.3 cm³/mol. The van der Waals surface area contributed by atoms with Gasteiger partial charge in [0.15, 0.2) is 0 Å². The van der Waals surface area contributed by atoms with Crippen molar-refractivity contribution in [2.45, 2.75) is 25.8 Å². The summed E-state index contributed by atoms with van der Waals surface area (Å²) in [4.78, 5) is 10.7. The number of primary amides is 1. The van der Waals surface area contributed by atoms with Crippen molar-refractivity contribution >= 4 is 5.91 Å². The van der Waals surface area contributed by atoms with Crippen LogP contribution in [0.5, 0.6) is 0 Å². The lowest BCUT2D eigenvalue weighted by atomic mass is 10.0. The number of carbonyl (C=O) groups excluding carboxylic acids is 1. The van der Waals surface area contributed by atoms with Crippen molar-refractivity contribution in [2.75, 3.05) is 6.54 Å². The fourth-order valence-corrected chi connectivity index (χ4v) is 1.58. The number of amides is 1. The van der Waals surface area contributed by atoms with Crippen LogP contribution in [0, 0.1) is 0 Å². The van der Waals surface area contributed by atoms with E-state index >= 15 is 0 Å². The molecule has 3 heteroatoms. The lowest BCUT2D eigenvalue weighted by Gasteiger charge is -2.17. The van der Waals surface area contributed by atoms with Gasteiger partial charge in [-0.15, -0.1) is 0 Å². The Labute approximate surface area is 90.7 Å². The molecule has 0 aromatic heterocycles. The van der Waals surface area contributed by atoms with Gasteiger partial charge in [-0.05, 0) is 12.0 Å². The standard InChI is InChI=1S/C12H18N2O/c1-2-6-11(14-9-12(13)15)10-7-4-3-5-8-10/h3-5,7-8,11,14H,2,6,9H2,1H3,(H2,13,15). The predicted octanol–water partition coefficient (Wildman–Crippen LogP) is 1.60. The second kappa shape index (κ2) is 6.19. The molecular formula is C12H18N2O. The first kappa shape index (κ1) is 11.7. The smallest absolute Gasteiger partial charge is 0.231 e. The molecule has 0 bridgehead atoms. The molecule has 1 rings (SSSR count). The number of rotatable bonds is 6. The first-order chi connectivity index (χ1) is 7.24. The Balaban J connectivity index is 2.61. The van der Waals surface area contributed by atoms with E-state index in [4.69, 9.17) is 5.73 Å². The summed E-state index contributed by atoms with van der Waals surface area (Å²) in [5.74, 6) is -0.313. The Morgan fingerprint density at radius 3 is 2.60 bits per heavy atom. The van der Waals surface area contributed by atoms with E-state index in [9.17, 15) is 4.79 Å². The largest absolute Gasteiger partial charge is 0.369 e. The highest BCUT2D eigenvalue weighted by molar-refractivity contribution is 5.75. The Morgan fingerprint density at radius 2 is 2.07 bits per heavy atom. The Morgan fingerprint density at radius 1 is 1.40 bits per heavy atom. The zero-order valence-electron chi connectivity index (χ0n) is 9.07. The molecular weight excluding hydrogens is 188 g/mol. The number of carbonyl (C=O) groups is 1. The number of benzene rings is 1. The number of nitrogens with one attached hydrogen (secondary N) is 1. The van der Waals surface area contributed by atoms with Crippen LogP contribution < -0.4 is 11.1 Å². The molecule has 1 atom stereocenters. The van der Waals surface area contributed by atoms with Crippen LogP contribution in [0.3, 0.4) is 0 Å². The molecule has 0 saturated heterocycles. The minimum absolute atomic E-state index is 0.226. The van der Waals surface area contributed by atoms with Gasteiger partial charge in [-0.3, -0.25) is 4.79 Å². The molecule has 3 nitrogen and oxygen atoms in total. The maximum Gasteiger partial charge on any atom is 0.231 e. The quantitative estimate of drug-likeness (QED) is 0.742. The topological polar surface area (TPSA) is 55.1 Å². The summed E-state index contributed by atoms with van der Waals surface area (Å²) in [6.07, 6.45) is 2.09. The summed E-state index contributed by atoms with van der Waals surface area (Å²) in [6, 6.07) is 10.3. The minimum Gasteiger partial charge on any atom is -0.369 e. The summed E-state index contributed by atoms with van der Waals surface area (Å²) < 4.78 is 0. The van der Waals surface area contributed by atoms with Crippen molar-refractivity contribution in [3.05, 3.63) is 35.9 Å². The maximum atomic E-state index is 10.7. The number of hydrogen-bond acceptors (Lipinski definition) is 2. The molecule has 3 N–H and O–H groups in total. The molecule has 0 saturated carbocycles. The second-order valence-corrected chi connectivity index (χ2v) is 3.60. The Kier molecular flexibility index (Phi) is 4.84. The molecule has 82 valence electrons. The van der Waals surface area contributed by atoms with Crippen LogP contribution in [-0.4, -0.2) is 12.5 Å². The normalized spacial score (nSPS) is 12.3. The first-order valence-corrected chi connectivity index (χ1v) is 5.30. The van der Waals surface area contributed by atoms with E-state index in [1.54, 1.807) is 0 Å². The van der Waals surface area contributed by atoms with Crippen molar-refractivity contribution in [1.29, 1.82) is 0 Å². The zero-order chi connectivity index (χ0) is 11.1. The van der Waals surface area contributed by atoms with Crippen molar-refractivity contribution in [3.8, 4) is 0 Å². The first-order valence-electron chi connectivity index (χ1n) is 5.30. The van der Waals surface area contributed by atoms with Crippen LogP contribution >= 0.6 is 0 Å². The molecule has 0 aliphatic rings. The lowest BCUT2D eigenvalue weighted by Crippen LogP contribution is -2.31. The molecule has 1 aromatic carbocycles. The van der Waals surface area contributed by atoms with Crippen molar-refractivity contribution in [1.82, 2.24) is 5.32 Å². The molecule has 0 aliphatic carbocycles. The molecule has 15 heavy (non-hydrogen) atoms. The van der Waals surface area contributed by atoms with Gasteiger partial charge in [-0.2, -0.15) is 0 Å². The van der Waals surface area contributed by atoms with E-state index in [0.717, 1.165) is 12.8 Å². The lowest BCUT2D eigenvalue weighted by molar-refractivity contribution is -0.117. The van der Waals surface area contributed by atoms with Gasteiger partial charge in [0.05, 0.1) is 6.54 Å². The fraction of sp³-hybridized carbons (Fsp3) is 0.417. The van der Waals surface area contributed by atoms with Crippen LogP contribution in [0.15, 0.2) is 30.3 Å². The van der Waals surface area contributed by atoms with Crippen LogP contribution in [-0.2, 0) is 4.79 Å². The maximum absolute atomic E-state index is 10.7. The van der Waals surface area contributed by atoms with E-state index in [2.05, 4.69) is 24.4 Å². The molecule has 0 heterocycles. The average molecular weight is 206 g/mol. The van der Waals surface area contributed by atoms with Gasteiger partial charge in [0.2, 0.25) is 5.91 Å². The Hall–Kier alpha value is -1.35. The summed E-state index contributed by atoms with van der Waals surface area (Å²) in [5, 5.41) is 3.16. The number of nitrogens with two attached hydrogens (primary N) is 1. The van der Waals surface area contributed by atoms with Gasteiger partial charge in [-0.25, -0.2) is 0 Å². The molecule has 0 spiro atoms. The van der Waals surface area contributed by atoms with Crippen LogP contribution in [0.2, 0.25) is 0 Å². The molecule has 0 fully saturated rings. The summed E-state index contributed by atoms with van der Waals surface area (Å²) in [7, 11) is 0. The van der Waals surface area contributed by atoms with E-state index in [1.807, 2.05) is 18.2 Å². The second-order valence-electron chi connectivity index (χ2n) is 3.60. The molecule has 1 aromatic rings. The van der Waals surface area contributed by atoms with E-state index in [-0.39, 0.29) is 18.5 Å². The monoisotopic (exact) mass is 206 g/mol. The molecule has 0 aliphatic heterocycles.